The van der Waals surface area contributed by atoms with E-state index in [9.17, 15) is 0 Å². The number of unbranched alkanes of at least 4 members (excludes halogenated alkanes) is 1. The van der Waals surface area contributed by atoms with Gasteiger partial charge >= 0.3 is 0 Å². The fourth-order valence-electron chi connectivity index (χ4n) is 0.795. The van der Waals surface area contributed by atoms with E-state index in [0.29, 0.717) is 0 Å². The number of hydrogen-bond donors (Lipinski definition) is 1. The van der Waals surface area contributed by atoms with Gasteiger partial charge < -0.3 is 10.1 Å². The Labute approximate surface area is 76.0 Å². The molecular formula is C10H21NO. The Morgan fingerprint density at radius 2 is 2.17 bits per heavy atom. The van der Waals surface area contributed by atoms with E-state index in [0.717, 1.165) is 26.3 Å². The smallest absolute Gasteiger partial charge is 0.0591 e. The van der Waals surface area contributed by atoms with Gasteiger partial charge in [0.1, 0.15) is 0 Å². The lowest BCUT2D eigenvalue weighted by Gasteiger charge is -2.04. The van der Waals surface area contributed by atoms with Crippen molar-refractivity contribution in [2.45, 2.75) is 26.7 Å². The summed E-state index contributed by atoms with van der Waals surface area (Å²) < 4.78 is 5.36. The Morgan fingerprint density at radius 3 is 2.75 bits per heavy atom. The van der Waals surface area contributed by atoms with Crippen molar-refractivity contribution in [3.8, 4) is 0 Å². The zero-order valence-corrected chi connectivity index (χ0v) is 8.36. The Morgan fingerprint density at radius 1 is 1.42 bits per heavy atom. The summed E-state index contributed by atoms with van der Waals surface area (Å²) in [5.74, 6) is 0. The van der Waals surface area contributed by atoms with Crippen molar-refractivity contribution in [2.75, 3.05) is 26.3 Å². The van der Waals surface area contributed by atoms with Crippen LogP contribution < -0.4 is 5.32 Å². The van der Waals surface area contributed by atoms with Crippen LogP contribution in [0.4, 0.5) is 0 Å². The molecule has 0 saturated carbocycles. The molecule has 0 saturated heterocycles. The fraction of sp³-hybridized carbons (Fsp3) is 0.800. The van der Waals surface area contributed by atoms with Crippen molar-refractivity contribution in [1.29, 1.82) is 0 Å². The molecular weight excluding hydrogens is 150 g/mol. The first-order valence-corrected chi connectivity index (χ1v) is 4.70. The molecule has 0 heterocycles. The maximum absolute atomic E-state index is 5.36. The number of rotatable bonds is 8. The summed E-state index contributed by atoms with van der Waals surface area (Å²) in [6.45, 7) is 11.5. The van der Waals surface area contributed by atoms with Crippen molar-refractivity contribution in [1.82, 2.24) is 5.32 Å². The highest BCUT2D eigenvalue weighted by Gasteiger charge is 1.88. The van der Waals surface area contributed by atoms with Crippen LogP contribution in [0.5, 0.6) is 0 Å². The second-order valence-corrected chi connectivity index (χ2v) is 3.10. The van der Waals surface area contributed by atoms with Crippen molar-refractivity contribution in [3.63, 3.8) is 0 Å². The largest absolute Gasteiger partial charge is 0.380 e. The predicted molar refractivity (Wildman–Crippen MR) is 53.4 cm³/mol. The third-order valence-corrected chi connectivity index (χ3v) is 1.49. The Hall–Kier alpha value is -0.340. The average molecular weight is 171 g/mol. The molecule has 2 heteroatoms. The summed E-state index contributed by atoms with van der Waals surface area (Å²) in [5.41, 5.74) is 1.17. The van der Waals surface area contributed by atoms with Crippen LogP contribution in [0.25, 0.3) is 0 Å². The molecule has 2 nitrogen and oxygen atoms in total. The average Bonchev–Trinajstić information content (AvgIpc) is 2.02. The lowest BCUT2D eigenvalue weighted by atomic mass is 10.3. The third-order valence-electron chi connectivity index (χ3n) is 1.49. The van der Waals surface area contributed by atoms with E-state index in [2.05, 4.69) is 18.8 Å². The molecule has 0 bridgehead atoms. The first-order chi connectivity index (χ1) is 5.77. The Balaban J connectivity index is 2.86. The Bertz CT molecular complexity index is 112. The van der Waals surface area contributed by atoms with Crippen LogP contribution in [0, 0.1) is 0 Å². The summed E-state index contributed by atoms with van der Waals surface area (Å²) in [6.07, 6.45) is 2.37. The second-order valence-electron chi connectivity index (χ2n) is 3.10. The van der Waals surface area contributed by atoms with Gasteiger partial charge in [-0.15, -0.1) is 0 Å². The minimum atomic E-state index is 0.813. The highest BCUT2D eigenvalue weighted by atomic mass is 16.5. The van der Waals surface area contributed by atoms with Crippen LogP contribution in [0.3, 0.4) is 0 Å². The molecule has 0 radical (unpaired) electrons. The van der Waals surface area contributed by atoms with Gasteiger partial charge in [0, 0.05) is 19.7 Å². The van der Waals surface area contributed by atoms with Crippen LogP contribution in [-0.2, 0) is 4.74 Å². The maximum atomic E-state index is 5.36. The molecule has 0 aromatic carbocycles. The monoisotopic (exact) mass is 171 g/mol. The van der Waals surface area contributed by atoms with Crippen LogP contribution in [-0.4, -0.2) is 26.3 Å². The number of hydrogen-bond acceptors (Lipinski definition) is 2. The number of ether oxygens (including phenoxy) is 1. The van der Waals surface area contributed by atoms with E-state index >= 15 is 0 Å². The zero-order valence-electron chi connectivity index (χ0n) is 8.36. The molecule has 1 N–H and O–H groups in total. The SMILES string of the molecule is C=C(C)CNCCOCCCC. The van der Waals surface area contributed by atoms with Gasteiger partial charge in [-0.05, 0) is 13.3 Å². The van der Waals surface area contributed by atoms with E-state index in [1.807, 2.05) is 6.92 Å². The summed E-state index contributed by atoms with van der Waals surface area (Å²) in [4.78, 5) is 0. The van der Waals surface area contributed by atoms with E-state index in [1.165, 1.54) is 18.4 Å². The van der Waals surface area contributed by atoms with E-state index in [-0.39, 0.29) is 0 Å². The number of nitrogens with one attached hydrogen (secondary N) is 1. The minimum absolute atomic E-state index is 0.813. The van der Waals surface area contributed by atoms with Crippen LogP contribution in [0.15, 0.2) is 12.2 Å². The molecule has 0 spiro atoms. The molecule has 72 valence electrons. The topological polar surface area (TPSA) is 21.3 Å². The van der Waals surface area contributed by atoms with Crippen LogP contribution >= 0.6 is 0 Å². The van der Waals surface area contributed by atoms with Gasteiger partial charge in [-0.2, -0.15) is 0 Å². The van der Waals surface area contributed by atoms with Crippen molar-refractivity contribution in [2.24, 2.45) is 0 Å². The highest BCUT2D eigenvalue weighted by molar-refractivity contribution is 4.90. The van der Waals surface area contributed by atoms with Crippen LogP contribution in [0.1, 0.15) is 26.7 Å². The van der Waals surface area contributed by atoms with Crippen molar-refractivity contribution < 1.29 is 4.74 Å². The molecule has 0 unspecified atom stereocenters. The molecule has 0 amide bonds. The normalized spacial score (nSPS) is 10.2. The maximum Gasteiger partial charge on any atom is 0.0591 e. The molecule has 0 fully saturated rings. The van der Waals surface area contributed by atoms with Gasteiger partial charge in [-0.3, -0.25) is 0 Å². The lowest BCUT2D eigenvalue weighted by Crippen LogP contribution is -2.21. The molecule has 0 aliphatic rings. The zero-order chi connectivity index (χ0) is 9.23. The first-order valence-electron chi connectivity index (χ1n) is 4.70. The van der Waals surface area contributed by atoms with Gasteiger partial charge in [0.15, 0.2) is 0 Å². The molecule has 12 heavy (non-hydrogen) atoms. The molecule has 0 aliphatic carbocycles. The highest BCUT2D eigenvalue weighted by Crippen LogP contribution is 1.87. The summed E-state index contributed by atoms with van der Waals surface area (Å²) in [5, 5.41) is 3.24. The molecule has 0 aliphatic heterocycles. The molecule has 0 rings (SSSR count). The fourth-order valence-corrected chi connectivity index (χ4v) is 0.795. The van der Waals surface area contributed by atoms with Gasteiger partial charge in [0.2, 0.25) is 0 Å². The van der Waals surface area contributed by atoms with Crippen molar-refractivity contribution >= 4 is 0 Å². The van der Waals surface area contributed by atoms with Gasteiger partial charge in [-0.1, -0.05) is 25.5 Å². The quantitative estimate of drug-likeness (QED) is 0.445. The van der Waals surface area contributed by atoms with Crippen molar-refractivity contribution in [3.05, 3.63) is 12.2 Å². The van der Waals surface area contributed by atoms with Gasteiger partial charge in [0.05, 0.1) is 6.61 Å². The third kappa shape index (κ3) is 9.66. The second kappa shape index (κ2) is 8.75. The van der Waals surface area contributed by atoms with Crippen LogP contribution in [0.2, 0.25) is 0 Å². The summed E-state index contributed by atoms with van der Waals surface area (Å²) >= 11 is 0. The van der Waals surface area contributed by atoms with E-state index in [1.54, 1.807) is 0 Å². The first kappa shape index (κ1) is 11.7. The van der Waals surface area contributed by atoms with E-state index < -0.39 is 0 Å². The van der Waals surface area contributed by atoms with Gasteiger partial charge in [0.25, 0.3) is 0 Å². The minimum Gasteiger partial charge on any atom is -0.380 e. The summed E-state index contributed by atoms with van der Waals surface area (Å²) in [6, 6.07) is 0. The standard InChI is InChI=1S/C10H21NO/c1-4-5-7-12-8-6-11-9-10(2)3/h11H,2,4-9H2,1,3H3. The molecule has 0 aromatic heterocycles. The lowest BCUT2D eigenvalue weighted by molar-refractivity contribution is 0.133. The van der Waals surface area contributed by atoms with E-state index in [4.69, 9.17) is 4.74 Å². The predicted octanol–water partition coefficient (Wildman–Crippen LogP) is 1.97. The molecule has 0 aromatic rings. The van der Waals surface area contributed by atoms with Gasteiger partial charge in [-0.25, -0.2) is 0 Å². The molecule has 0 atom stereocenters. The Kier molecular flexibility index (Phi) is 8.51. The summed E-state index contributed by atoms with van der Waals surface area (Å²) in [7, 11) is 0.